The molecule has 6 heteroatoms. The molecule has 14 heavy (non-hydrogen) atoms. The fraction of sp³-hybridized carbons (Fsp3) is 0.250. The summed E-state index contributed by atoms with van der Waals surface area (Å²) in [7, 11) is 0. The van der Waals surface area contributed by atoms with Crippen LogP contribution in [0.25, 0.3) is 0 Å². The van der Waals surface area contributed by atoms with Gasteiger partial charge in [0.05, 0.1) is 14.6 Å². The number of nitrogens with zero attached hydrogens (tertiary/aromatic N) is 1. The first-order valence-electron chi connectivity index (χ1n) is 3.92. The van der Waals surface area contributed by atoms with Crippen LogP contribution in [-0.4, -0.2) is 18.1 Å². The quantitative estimate of drug-likeness (QED) is 0.452. The molecule has 0 aromatic heterocycles. The molecule has 0 spiro atoms. The van der Waals surface area contributed by atoms with Crippen molar-refractivity contribution in [1.82, 2.24) is 0 Å². The van der Waals surface area contributed by atoms with Gasteiger partial charge in [0.25, 0.3) is 5.69 Å². The molecule has 0 aliphatic carbocycles. The highest BCUT2D eigenvalue weighted by atomic mass is 127. The minimum atomic E-state index is -0.431. The van der Waals surface area contributed by atoms with Crippen molar-refractivity contribution < 1.29 is 14.4 Å². The highest BCUT2D eigenvalue weighted by molar-refractivity contribution is 14.1. The Morgan fingerprint density at radius 1 is 1.29 bits per heavy atom. The van der Waals surface area contributed by atoms with Crippen molar-refractivity contribution in [3.8, 4) is 11.5 Å². The smallest absolute Gasteiger partial charge is 0.286 e. The largest absolute Gasteiger partial charge is 0.486 e. The molecule has 0 radical (unpaired) electrons. The van der Waals surface area contributed by atoms with Gasteiger partial charge in [0, 0.05) is 6.07 Å². The fourth-order valence-corrected chi connectivity index (χ4v) is 1.83. The number of halogens is 1. The molecule has 2 rings (SSSR count). The monoisotopic (exact) mass is 307 g/mol. The van der Waals surface area contributed by atoms with Gasteiger partial charge in [-0.3, -0.25) is 10.1 Å². The van der Waals surface area contributed by atoms with Crippen molar-refractivity contribution in [3.05, 3.63) is 25.8 Å². The van der Waals surface area contributed by atoms with Crippen LogP contribution >= 0.6 is 22.6 Å². The molecule has 0 saturated heterocycles. The van der Waals surface area contributed by atoms with E-state index in [4.69, 9.17) is 9.47 Å². The second-order valence-electron chi connectivity index (χ2n) is 2.70. The summed E-state index contributed by atoms with van der Waals surface area (Å²) in [4.78, 5) is 10.2. The number of ether oxygens (including phenoxy) is 2. The van der Waals surface area contributed by atoms with Gasteiger partial charge in [-0.2, -0.15) is 0 Å². The van der Waals surface area contributed by atoms with E-state index in [2.05, 4.69) is 0 Å². The summed E-state index contributed by atoms with van der Waals surface area (Å²) in [5, 5.41) is 10.6. The molecule has 5 nitrogen and oxygen atoms in total. The standard InChI is InChI=1S/C8H6INO4/c9-5-3-7-8(14-2-1-13-7)4-6(5)10(11)12/h3-4H,1-2H2. The third-order valence-electron chi connectivity index (χ3n) is 1.81. The minimum Gasteiger partial charge on any atom is -0.486 e. The Morgan fingerprint density at radius 3 is 2.43 bits per heavy atom. The Bertz CT molecular complexity index is 393. The van der Waals surface area contributed by atoms with Gasteiger partial charge < -0.3 is 9.47 Å². The van der Waals surface area contributed by atoms with Crippen molar-refractivity contribution in [3.63, 3.8) is 0 Å². The topological polar surface area (TPSA) is 61.6 Å². The zero-order chi connectivity index (χ0) is 10.1. The SMILES string of the molecule is O=[N+]([O-])c1cc2c(cc1I)OCCO2. The maximum absolute atomic E-state index is 10.6. The van der Waals surface area contributed by atoms with Crippen molar-refractivity contribution >= 4 is 28.3 Å². The molecule has 0 fully saturated rings. The maximum atomic E-state index is 10.6. The number of hydrogen-bond donors (Lipinski definition) is 0. The van der Waals surface area contributed by atoms with Crippen LogP contribution in [0.2, 0.25) is 0 Å². The first-order valence-corrected chi connectivity index (χ1v) is 5.00. The van der Waals surface area contributed by atoms with Gasteiger partial charge in [0.1, 0.15) is 13.2 Å². The number of benzene rings is 1. The lowest BCUT2D eigenvalue weighted by Crippen LogP contribution is -2.15. The van der Waals surface area contributed by atoms with Gasteiger partial charge in [-0.1, -0.05) is 0 Å². The van der Waals surface area contributed by atoms with E-state index in [1.807, 2.05) is 22.6 Å². The van der Waals surface area contributed by atoms with E-state index < -0.39 is 4.92 Å². The summed E-state index contributed by atoms with van der Waals surface area (Å²) in [6, 6.07) is 3.02. The molecular formula is C8H6INO4. The van der Waals surface area contributed by atoms with Crippen LogP contribution in [0.1, 0.15) is 0 Å². The van der Waals surface area contributed by atoms with Gasteiger partial charge in [-0.05, 0) is 22.6 Å². The Hall–Kier alpha value is -1.05. The summed E-state index contributed by atoms with van der Waals surface area (Å²) < 4.78 is 11.1. The van der Waals surface area contributed by atoms with Gasteiger partial charge in [-0.25, -0.2) is 0 Å². The van der Waals surface area contributed by atoms with Crippen LogP contribution in [0.4, 0.5) is 5.69 Å². The van der Waals surface area contributed by atoms with Crippen LogP contribution < -0.4 is 9.47 Å². The van der Waals surface area contributed by atoms with Crippen molar-refractivity contribution in [2.45, 2.75) is 0 Å². The predicted octanol–water partition coefficient (Wildman–Crippen LogP) is 1.97. The molecule has 0 saturated carbocycles. The lowest BCUT2D eigenvalue weighted by atomic mass is 10.2. The molecule has 1 aliphatic rings. The van der Waals surface area contributed by atoms with Crippen molar-refractivity contribution in [2.24, 2.45) is 0 Å². The first kappa shape index (κ1) is 9.50. The van der Waals surface area contributed by atoms with Crippen LogP contribution in [0.5, 0.6) is 11.5 Å². The second kappa shape index (κ2) is 3.60. The Labute approximate surface area is 93.3 Å². The lowest BCUT2D eigenvalue weighted by molar-refractivity contribution is -0.385. The summed E-state index contributed by atoms with van der Waals surface area (Å²) in [5.74, 6) is 1.02. The molecule has 0 N–H and O–H groups in total. The van der Waals surface area contributed by atoms with Gasteiger partial charge in [-0.15, -0.1) is 0 Å². The highest BCUT2D eigenvalue weighted by Crippen LogP contribution is 2.36. The van der Waals surface area contributed by atoms with E-state index in [0.717, 1.165) is 0 Å². The third kappa shape index (κ3) is 1.61. The van der Waals surface area contributed by atoms with E-state index in [0.29, 0.717) is 28.3 Å². The molecular weight excluding hydrogens is 301 g/mol. The highest BCUT2D eigenvalue weighted by Gasteiger charge is 2.20. The third-order valence-corrected chi connectivity index (χ3v) is 2.67. The van der Waals surface area contributed by atoms with E-state index in [9.17, 15) is 10.1 Å². The average Bonchev–Trinajstić information content (AvgIpc) is 2.16. The molecule has 1 heterocycles. The van der Waals surface area contributed by atoms with Crippen LogP contribution in [0.15, 0.2) is 12.1 Å². The van der Waals surface area contributed by atoms with E-state index in [-0.39, 0.29) is 5.69 Å². The van der Waals surface area contributed by atoms with Gasteiger partial charge in [0.2, 0.25) is 0 Å². The second-order valence-corrected chi connectivity index (χ2v) is 3.87. The number of nitro groups is 1. The van der Waals surface area contributed by atoms with Gasteiger partial charge in [0.15, 0.2) is 11.5 Å². The molecule has 0 amide bonds. The molecule has 74 valence electrons. The number of fused-ring (bicyclic) bond motifs is 1. The zero-order valence-corrected chi connectivity index (χ0v) is 9.18. The molecule has 0 unspecified atom stereocenters. The van der Waals surface area contributed by atoms with E-state index >= 15 is 0 Å². The lowest BCUT2D eigenvalue weighted by Gasteiger charge is -2.17. The molecule has 1 aliphatic heterocycles. The Balaban J connectivity index is 2.50. The Kier molecular flexibility index (Phi) is 2.44. The minimum absolute atomic E-state index is 0.0508. The molecule has 1 aromatic rings. The maximum Gasteiger partial charge on any atom is 0.286 e. The van der Waals surface area contributed by atoms with Crippen LogP contribution in [-0.2, 0) is 0 Å². The predicted molar refractivity (Wildman–Crippen MR) is 56.8 cm³/mol. The fourth-order valence-electron chi connectivity index (χ4n) is 1.19. The number of rotatable bonds is 1. The summed E-state index contributed by atoms with van der Waals surface area (Å²) in [6.45, 7) is 0.922. The number of hydrogen-bond acceptors (Lipinski definition) is 4. The number of nitro benzene ring substituents is 1. The average molecular weight is 307 g/mol. The summed E-state index contributed by atoms with van der Waals surface area (Å²) in [6.07, 6.45) is 0. The molecule has 0 atom stereocenters. The van der Waals surface area contributed by atoms with E-state index in [1.165, 1.54) is 6.07 Å². The van der Waals surface area contributed by atoms with Gasteiger partial charge >= 0.3 is 0 Å². The summed E-state index contributed by atoms with van der Waals surface area (Å²) in [5.41, 5.74) is 0.0508. The normalized spacial score (nSPS) is 13.8. The van der Waals surface area contributed by atoms with Crippen LogP contribution in [0.3, 0.4) is 0 Å². The van der Waals surface area contributed by atoms with Crippen molar-refractivity contribution in [1.29, 1.82) is 0 Å². The van der Waals surface area contributed by atoms with Crippen molar-refractivity contribution in [2.75, 3.05) is 13.2 Å². The Morgan fingerprint density at radius 2 is 1.86 bits per heavy atom. The molecule has 0 bridgehead atoms. The molecule has 1 aromatic carbocycles. The van der Waals surface area contributed by atoms with Crippen LogP contribution in [0, 0.1) is 13.7 Å². The van der Waals surface area contributed by atoms with E-state index in [1.54, 1.807) is 6.07 Å². The zero-order valence-electron chi connectivity index (χ0n) is 7.03. The summed E-state index contributed by atoms with van der Waals surface area (Å²) >= 11 is 1.90. The first-order chi connectivity index (χ1) is 6.68.